The molecule has 0 aromatic carbocycles. The van der Waals surface area contributed by atoms with Gasteiger partial charge in [0.15, 0.2) is 11.3 Å². The smallest absolute Gasteiger partial charge is 0.339 e. The highest BCUT2D eigenvalue weighted by Crippen LogP contribution is 1.99. The van der Waals surface area contributed by atoms with E-state index < -0.39 is 11.6 Å². The van der Waals surface area contributed by atoms with Gasteiger partial charge in [0.1, 0.15) is 6.33 Å². The van der Waals surface area contributed by atoms with Crippen LogP contribution in [0.5, 0.6) is 0 Å². The Balaban J connectivity index is 2.91. The van der Waals surface area contributed by atoms with Gasteiger partial charge in [0.05, 0.1) is 0 Å². The fraction of sp³-hybridized carbons (Fsp3) is 0. The summed E-state index contributed by atoms with van der Waals surface area (Å²) < 4.78 is 1.51. The Morgan fingerprint density at radius 2 is 2.29 bits per heavy atom. The first-order valence-corrected chi connectivity index (χ1v) is 3.49. The van der Waals surface area contributed by atoms with Crippen molar-refractivity contribution in [3.05, 3.63) is 22.5 Å². The zero-order valence-corrected chi connectivity index (χ0v) is 6.78. The number of imidazole rings is 1. The number of rotatable bonds is 1. The van der Waals surface area contributed by atoms with Gasteiger partial charge < -0.3 is 5.73 Å². The maximum Gasteiger partial charge on any atom is 0.339 e. The first-order chi connectivity index (χ1) is 6.61. The summed E-state index contributed by atoms with van der Waals surface area (Å²) in [5.74, 6) is -0.782. The molecule has 0 fully saturated rings. The molecule has 9 heteroatoms. The minimum Gasteiger partial charge on any atom is -0.364 e. The molecule has 0 saturated heterocycles. The molecule has 0 spiro atoms. The zero-order valence-electron chi connectivity index (χ0n) is 6.78. The maximum absolute atomic E-state index is 11.3. The number of carbonyl (C=O) groups is 1. The fourth-order valence-corrected chi connectivity index (χ4v) is 0.991. The molecule has 0 unspecified atom stereocenters. The van der Waals surface area contributed by atoms with Gasteiger partial charge in [-0.1, -0.05) is 5.21 Å². The lowest BCUT2D eigenvalue weighted by Crippen LogP contribution is -2.28. The second kappa shape index (κ2) is 2.65. The second-order valence-corrected chi connectivity index (χ2v) is 2.47. The van der Waals surface area contributed by atoms with Gasteiger partial charge in [-0.2, -0.15) is 0 Å². The third-order valence-corrected chi connectivity index (χ3v) is 1.61. The largest absolute Gasteiger partial charge is 0.364 e. The van der Waals surface area contributed by atoms with Crippen LogP contribution in [0.15, 0.2) is 11.1 Å². The highest BCUT2D eigenvalue weighted by Gasteiger charge is 2.13. The van der Waals surface area contributed by atoms with Crippen LogP contribution < -0.4 is 11.4 Å². The van der Waals surface area contributed by atoms with Gasteiger partial charge in [-0.3, -0.25) is 9.39 Å². The van der Waals surface area contributed by atoms with Gasteiger partial charge in [0, 0.05) is 0 Å². The zero-order chi connectivity index (χ0) is 10.3. The average molecular weight is 190 g/mol. The molecule has 2 rings (SSSR count). The molecule has 2 N–H and O–H groups in total. The van der Waals surface area contributed by atoms with Crippen LogP contribution in [0.25, 0.3) is 5.65 Å². The van der Waals surface area contributed by atoms with Gasteiger partial charge >= 0.3 is 5.69 Å². The van der Waals surface area contributed by atoms with Gasteiger partial charge in [-0.25, -0.2) is 14.2 Å². The molecule has 0 saturated carbocycles. The number of hydrogen-bond acceptors (Lipinski definition) is 5. The van der Waals surface area contributed by atoms with Crippen molar-refractivity contribution in [2.24, 2.45) is 5.73 Å². The average Bonchev–Trinajstić information content (AvgIpc) is 2.55. The van der Waals surface area contributed by atoms with Crippen LogP contribution >= 0.6 is 0 Å². The summed E-state index contributed by atoms with van der Waals surface area (Å²) in [6.07, 6.45) is 1.11. The predicted octanol–water partition coefficient (Wildman–Crippen LogP) is -2.68. The second-order valence-electron chi connectivity index (χ2n) is 2.47. The number of primary amides is 1. The van der Waals surface area contributed by atoms with Crippen LogP contribution in [0, 0.1) is 0 Å². The lowest BCUT2D eigenvalue weighted by Gasteiger charge is -1.95. The Labute approximate surface area is 77.8 Å². The van der Waals surface area contributed by atoms with Crippen molar-refractivity contribution < 1.29 is 4.79 Å². The Morgan fingerprint density at radius 3 is 2.93 bits per heavy atom. The van der Waals surface area contributed by atoms with E-state index in [1.807, 2.05) is 0 Å². The Bertz CT molecular complexity index is 571. The van der Waals surface area contributed by atoms with Crippen LogP contribution in [0.2, 0.25) is 0 Å². The lowest BCUT2D eigenvalue weighted by atomic mass is 10.4. The number of fused-ring (bicyclic) bond motifs is 1. The molecule has 0 bridgehead atoms. The quantitative estimate of drug-likeness (QED) is 0.492. The van der Waals surface area contributed by atoms with E-state index in [1.54, 1.807) is 0 Å². The van der Waals surface area contributed by atoms with Crippen LogP contribution in [0.3, 0.4) is 0 Å². The predicted molar refractivity (Wildman–Crippen MR) is 44.7 cm³/mol. The lowest BCUT2D eigenvalue weighted by molar-refractivity contribution is 0.0997. The summed E-state index contributed by atoms with van der Waals surface area (Å²) in [6, 6.07) is 0. The Hall–Kier alpha value is -2.19. The standard InChI is InChI=1S/C5H3BN6O2/c6-12-5(14)11-1-8-2(3(7)13)4(11)9-10-12/h1H,(H2,7,13). The number of nitrogens with two attached hydrogens (primary N) is 1. The summed E-state index contributed by atoms with van der Waals surface area (Å²) in [6.45, 7) is 0. The molecule has 8 nitrogen and oxygen atoms in total. The molecule has 0 aliphatic carbocycles. The van der Waals surface area contributed by atoms with Crippen molar-refractivity contribution in [3.8, 4) is 0 Å². The highest BCUT2D eigenvalue weighted by atomic mass is 16.2. The molecule has 2 aromatic heterocycles. The van der Waals surface area contributed by atoms with E-state index in [1.165, 1.54) is 0 Å². The molecule has 14 heavy (non-hydrogen) atoms. The topological polar surface area (TPSA) is 108 Å². The number of carbonyl (C=O) groups excluding carboxylic acids is 1. The minimum atomic E-state index is -0.782. The van der Waals surface area contributed by atoms with Gasteiger partial charge in [-0.15, -0.1) is 5.10 Å². The summed E-state index contributed by atoms with van der Waals surface area (Å²) in [4.78, 5) is 25.7. The highest BCUT2D eigenvalue weighted by molar-refractivity contribution is 6.05. The summed E-state index contributed by atoms with van der Waals surface area (Å²) in [7, 11) is 5.14. The number of amides is 1. The summed E-state index contributed by atoms with van der Waals surface area (Å²) in [5, 5.41) is 6.80. The first kappa shape index (κ1) is 8.41. The molecule has 0 aliphatic rings. The number of hydrogen-bond donors (Lipinski definition) is 1. The number of aromatic nitrogens is 5. The van der Waals surface area contributed by atoms with E-state index >= 15 is 0 Å². The Kier molecular flexibility index (Phi) is 1.59. The fourth-order valence-electron chi connectivity index (χ4n) is 0.991. The van der Waals surface area contributed by atoms with E-state index in [0.29, 0.717) is 4.59 Å². The van der Waals surface area contributed by atoms with Crippen molar-refractivity contribution in [3.63, 3.8) is 0 Å². The van der Waals surface area contributed by atoms with E-state index in [2.05, 4.69) is 15.3 Å². The van der Waals surface area contributed by atoms with Crippen LogP contribution in [0.1, 0.15) is 10.5 Å². The molecule has 2 heterocycles. The van der Waals surface area contributed by atoms with Crippen molar-refractivity contribution in [2.45, 2.75) is 0 Å². The SMILES string of the molecule is [B]n1nnc2c(C(N)=O)ncn2c1=O. The molecular weight excluding hydrogens is 187 g/mol. The molecule has 0 aliphatic heterocycles. The molecule has 2 aromatic rings. The van der Waals surface area contributed by atoms with Gasteiger partial charge in [0.2, 0.25) is 0 Å². The molecule has 2 radical (unpaired) electrons. The normalized spacial score (nSPS) is 10.6. The first-order valence-electron chi connectivity index (χ1n) is 3.49. The van der Waals surface area contributed by atoms with Crippen LogP contribution in [0.4, 0.5) is 0 Å². The third kappa shape index (κ3) is 0.986. The van der Waals surface area contributed by atoms with E-state index in [-0.39, 0.29) is 11.3 Å². The molecular formula is C5H3BN6O2. The maximum atomic E-state index is 11.3. The van der Waals surface area contributed by atoms with Gasteiger partial charge in [0.25, 0.3) is 13.9 Å². The number of nitrogens with zero attached hydrogens (tertiary/aromatic N) is 5. The minimum absolute atomic E-state index is 0.01000. The molecule has 68 valence electrons. The van der Waals surface area contributed by atoms with Crippen molar-refractivity contribution in [1.29, 1.82) is 0 Å². The third-order valence-electron chi connectivity index (χ3n) is 1.61. The van der Waals surface area contributed by atoms with Crippen molar-refractivity contribution in [2.75, 3.05) is 0 Å². The van der Waals surface area contributed by atoms with E-state index in [9.17, 15) is 9.59 Å². The van der Waals surface area contributed by atoms with E-state index in [0.717, 1.165) is 10.7 Å². The van der Waals surface area contributed by atoms with E-state index in [4.69, 9.17) is 13.7 Å². The van der Waals surface area contributed by atoms with Crippen molar-refractivity contribution in [1.82, 2.24) is 24.3 Å². The monoisotopic (exact) mass is 190 g/mol. The van der Waals surface area contributed by atoms with Crippen LogP contribution in [-0.2, 0) is 0 Å². The van der Waals surface area contributed by atoms with Crippen LogP contribution in [-0.4, -0.2) is 38.2 Å². The molecule has 0 atom stereocenters. The van der Waals surface area contributed by atoms with Crippen molar-refractivity contribution >= 4 is 19.5 Å². The van der Waals surface area contributed by atoms with Gasteiger partial charge in [-0.05, 0) is 0 Å². The Morgan fingerprint density at radius 1 is 1.57 bits per heavy atom. The summed E-state index contributed by atoms with van der Waals surface area (Å²) in [5.41, 5.74) is 4.21. The summed E-state index contributed by atoms with van der Waals surface area (Å²) >= 11 is 0. The molecule has 1 amide bonds.